The van der Waals surface area contributed by atoms with Crippen molar-refractivity contribution in [1.29, 1.82) is 0 Å². The molecule has 24 heavy (non-hydrogen) atoms. The van der Waals surface area contributed by atoms with Crippen LogP contribution in [-0.2, 0) is 16.5 Å². The molecule has 0 aliphatic heterocycles. The van der Waals surface area contributed by atoms with E-state index in [-0.39, 0.29) is 62.0 Å². The van der Waals surface area contributed by atoms with Gasteiger partial charge in [0, 0.05) is 0 Å². The van der Waals surface area contributed by atoms with Gasteiger partial charge in [-0.2, -0.15) is 0 Å². The zero-order chi connectivity index (χ0) is 16.7. The van der Waals surface area contributed by atoms with Gasteiger partial charge in [0.25, 0.3) is 0 Å². The van der Waals surface area contributed by atoms with Crippen molar-refractivity contribution in [2.45, 2.75) is 43.9 Å². The van der Waals surface area contributed by atoms with Gasteiger partial charge in [0.05, 0.1) is 4.90 Å². The number of aryl methyl sites for hydroxylation is 1. The number of unbranched alkanes of at least 4 members (excludes halogenated alkanes) is 3. The number of hydrogen-bond acceptors (Lipinski definition) is 4. The van der Waals surface area contributed by atoms with E-state index in [9.17, 15) is 13.0 Å². The van der Waals surface area contributed by atoms with Gasteiger partial charge in [0.1, 0.15) is 21.6 Å². The summed E-state index contributed by atoms with van der Waals surface area (Å²) in [6, 6.07) is 13.6. The van der Waals surface area contributed by atoms with Crippen LogP contribution in [0.2, 0.25) is 0 Å². The summed E-state index contributed by atoms with van der Waals surface area (Å²) >= 11 is 0. The second-order valence-corrected chi connectivity index (χ2v) is 6.81. The summed E-state index contributed by atoms with van der Waals surface area (Å²) in [4.78, 5) is -0.297. The minimum absolute atomic E-state index is 0. The standard InChI is InChI=1S/C18H22O4S.K/c1-2-3-4-6-9-15-12-13-17(18(14-15)23(19,20)21)22-16-10-7-5-8-11-16;/h5,7-8,10-14H,2-4,6,9H2,1H3,(H,19,20,21);/q;+1/p-1. The summed E-state index contributed by atoms with van der Waals surface area (Å²) in [6.07, 6.45) is 5.13. The van der Waals surface area contributed by atoms with Gasteiger partial charge in [-0.15, -0.1) is 0 Å². The van der Waals surface area contributed by atoms with Gasteiger partial charge in [-0.05, 0) is 42.7 Å². The third kappa shape index (κ3) is 6.96. The van der Waals surface area contributed by atoms with Gasteiger partial charge >= 0.3 is 51.4 Å². The SMILES string of the molecule is CCCCCCc1ccc(Oc2ccccc2)c(S(=O)(=O)[O-])c1.[K+]. The Kier molecular flexibility index (Phi) is 9.74. The maximum atomic E-state index is 11.5. The average Bonchev–Trinajstić information content (AvgIpc) is 2.53. The van der Waals surface area contributed by atoms with E-state index in [1.807, 2.05) is 12.1 Å². The number of hydrogen-bond donors (Lipinski definition) is 0. The van der Waals surface area contributed by atoms with Gasteiger partial charge in [-0.1, -0.05) is 50.5 Å². The summed E-state index contributed by atoms with van der Waals surface area (Å²) in [5.74, 6) is 0.566. The van der Waals surface area contributed by atoms with Crippen LogP contribution in [0.15, 0.2) is 53.4 Å². The molecule has 0 unspecified atom stereocenters. The first kappa shape index (κ1) is 21.8. The summed E-state index contributed by atoms with van der Waals surface area (Å²) in [6.45, 7) is 2.14. The van der Waals surface area contributed by atoms with Crippen molar-refractivity contribution in [3.05, 3.63) is 54.1 Å². The van der Waals surface area contributed by atoms with Crippen molar-refractivity contribution in [3.63, 3.8) is 0 Å². The molecular formula is C18H21KO4S. The Labute approximate surface area is 186 Å². The molecule has 2 rings (SSSR count). The van der Waals surface area contributed by atoms with E-state index in [1.165, 1.54) is 6.07 Å². The van der Waals surface area contributed by atoms with Crippen LogP contribution >= 0.6 is 0 Å². The molecule has 0 N–H and O–H groups in total. The van der Waals surface area contributed by atoms with Crippen LogP contribution in [0.25, 0.3) is 0 Å². The van der Waals surface area contributed by atoms with E-state index in [2.05, 4.69) is 6.92 Å². The van der Waals surface area contributed by atoms with Crippen LogP contribution in [0, 0.1) is 0 Å². The summed E-state index contributed by atoms with van der Waals surface area (Å²) in [5.41, 5.74) is 0.843. The number of ether oxygens (including phenoxy) is 1. The van der Waals surface area contributed by atoms with Crippen LogP contribution in [0.4, 0.5) is 0 Å². The molecule has 0 aliphatic rings. The van der Waals surface area contributed by atoms with E-state index >= 15 is 0 Å². The molecule has 0 spiro atoms. The van der Waals surface area contributed by atoms with E-state index in [0.717, 1.165) is 37.7 Å². The molecule has 0 atom stereocenters. The molecular weight excluding hydrogens is 351 g/mol. The molecule has 4 nitrogen and oxygen atoms in total. The third-order valence-corrected chi connectivity index (χ3v) is 4.43. The van der Waals surface area contributed by atoms with Crippen molar-refractivity contribution in [1.82, 2.24) is 0 Å². The molecule has 0 amide bonds. The second kappa shape index (κ2) is 10.7. The zero-order valence-electron chi connectivity index (χ0n) is 14.2. The summed E-state index contributed by atoms with van der Waals surface area (Å²) < 4.78 is 40.2. The molecule has 0 fully saturated rings. The van der Waals surface area contributed by atoms with Crippen LogP contribution < -0.4 is 56.1 Å². The van der Waals surface area contributed by atoms with Gasteiger partial charge in [-0.3, -0.25) is 0 Å². The number of benzene rings is 2. The van der Waals surface area contributed by atoms with Crippen LogP contribution in [0.1, 0.15) is 38.2 Å². The summed E-state index contributed by atoms with van der Waals surface area (Å²) in [7, 11) is -4.59. The second-order valence-electron chi connectivity index (χ2n) is 5.46. The van der Waals surface area contributed by atoms with Gasteiger partial charge in [-0.25, -0.2) is 8.42 Å². The fourth-order valence-electron chi connectivity index (χ4n) is 2.36. The topological polar surface area (TPSA) is 66.4 Å². The molecule has 6 heteroatoms. The van der Waals surface area contributed by atoms with E-state index < -0.39 is 10.1 Å². The fourth-order valence-corrected chi connectivity index (χ4v) is 3.01. The van der Waals surface area contributed by atoms with Crippen molar-refractivity contribution in [2.75, 3.05) is 0 Å². The maximum absolute atomic E-state index is 11.5. The molecule has 2 aromatic carbocycles. The van der Waals surface area contributed by atoms with E-state index in [0.29, 0.717) is 5.75 Å². The quantitative estimate of drug-likeness (QED) is 0.400. The monoisotopic (exact) mass is 372 g/mol. The predicted octanol–water partition coefficient (Wildman–Crippen LogP) is 1.51. The van der Waals surface area contributed by atoms with Crippen LogP contribution in [0.5, 0.6) is 11.5 Å². The Hall–Kier alpha value is -0.214. The largest absolute Gasteiger partial charge is 1.00 e. The van der Waals surface area contributed by atoms with Crippen molar-refractivity contribution < 1.29 is 69.1 Å². The number of para-hydroxylation sites is 1. The van der Waals surface area contributed by atoms with Gasteiger partial charge < -0.3 is 9.29 Å². The first-order chi connectivity index (χ1) is 11.0. The Morgan fingerprint density at radius 1 is 1.00 bits per heavy atom. The minimum atomic E-state index is -4.59. The van der Waals surface area contributed by atoms with Gasteiger partial charge in [0.15, 0.2) is 0 Å². The fraction of sp³-hybridized carbons (Fsp3) is 0.333. The molecule has 0 saturated heterocycles. The van der Waals surface area contributed by atoms with Gasteiger partial charge in [0.2, 0.25) is 0 Å². The molecule has 0 radical (unpaired) electrons. The Morgan fingerprint density at radius 3 is 2.33 bits per heavy atom. The van der Waals surface area contributed by atoms with Crippen LogP contribution in [-0.4, -0.2) is 13.0 Å². The molecule has 0 saturated carbocycles. The zero-order valence-corrected chi connectivity index (χ0v) is 18.1. The minimum Gasteiger partial charge on any atom is -0.744 e. The Balaban J connectivity index is 0.00000288. The van der Waals surface area contributed by atoms with E-state index in [4.69, 9.17) is 4.74 Å². The molecule has 2 aromatic rings. The Morgan fingerprint density at radius 2 is 1.71 bits per heavy atom. The average molecular weight is 373 g/mol. The molecule has 0 aromatic heterocycles. The van der Waals surface area contributed by atoms with Crippen molar-refractivity contribution >= 4 is 10.1 Å². The van der Waals surface area contributed by atoms with Crippen LogP contribution in [0.3, 0.4) is 0 Å². The maximum Gasteiger partial charge on any atom is 1.00 e. The smallest absolute Gasteiger partial charge is 0.744 e. The summed E-state index contributed by atoms with van der Waals surface area (Å²) in [5, 5.41) is 0. The first-order valence-electron chi connectivity index (χ1n) is 7.82. The molecule has 0 heterocycles. The van der Waals surface area contributed by atoms with Crippen molar-refractivity contribution in [3.8, 4) is 11.5 Å². The third-order valence-electron chi connectivity index (χ3n) is 3.57. The first-order valence-corrected chi connectivity index (χ1v) is 9.23. The van der Waals surface area contributed by atoms with E-state index in [1.54, 1.807) is 30.3 Å². The van der Waals surface area contributed by atoms with Crippen molar-refractivity contribution in [2.24, 2.45) is 0 Å². The normalized spacial score (nSPS) is 10.9. The molecule has 0 aliphatic carbocycles. The molecule has 0 bridgehead atoms. The Bertz CT molecular complexity index is 730. The number of rotatable bonds is 8. The predicted molar refractivity (Wildman–Crippen MR) is 88.8 cm³/mol. The molecule has 124 valence electrons.